The van der Waals surface area contributed by atoms with E-state index in [1.54, 1.807) is 13.3 Å². The number of piperazine rings is 1. The molecule has 33 heavy (non-hydrogen) atoms. The largest absolute Gasteiger partial charge is 0.494 e. The number of hydrogen-bond acceptors (Lipinski definition) is 9. The minimum absolute atomic E-state index is 0.315. The lowest BCUT2D eigenvalue weighted by Crippen LogP contribution is -2.44. The lowest BCUT2D eigenvalue weighted by Gasteiger charge is -2.35. The molecule has 5 N–H and O–H groups in total. The number of nitrogens with one attached hydrogen (secondary N) is 3. The molecule has 10 heteroatoms. The molecule has 0 amide bonds. The molecule has 0 aliphatic carbocycles. The molecule has 1 aromatic carbocycles. The van der Waals surface area contributed by atoms with Gasteiger partial charge in [0.2, 0.25) is 5.95 Å². The standard InChI is InChI=1S/C23H27ClN8O/c1-31-7-9-32(10-8-31)20-12-21(33-2)19(11-17(20)26)29-23-28-14-16(24)22(30-23)15(13-25)18-5-3-4-6-27-18/h3-6,11-14,25,27H,7-10,26H2,1-2H3,(H,28,29,30)/b18-15+,25-13?. The summed E-state index contributed by atoms with van der Waals surface area (Å²) in [5.74, 6) is 0.945. The van der Waals surface area contributed by atoms with Gasteiger partial charge < -0.3 is 36.3 Å². The third-order valence-corrected chi connectivity index (χ3v) is 5.86. The summed E-state index contributed by atoms with van der Waals surface area (Å²) in [6, 6.07) is 3.77. The molecule has 1 aromatic heterocycles. The van der Waals surface area contributed by atoms with Gasteiger partial charge in [-0.2, -0.15) is 0 Å². The predicted molar refractivity (Wildman–Crippen MR) is 135 cm³/mol. The Morgan fingerprint density at radius 1 is 1.27 bits per heavy atom. The topological polar surface area (TPSA) is 115 Å². The van der Waals surface area contributed by atoms with Crippen molar-refractivity contribution >= 4 is 46.4 Å². The Kier molecular flexibility index (Phi) is 6.81. The smallest absolute Gasteiger partial charge is 0.227 e. The normalized spacial score (nSPS) is 17.5. The molecule has 1 fully saturated rings. The molecule has 9 nitrogen and oxygen atoms in total. The zero-order chi connectivity index (χ0) is 23.4. The van der Waals surface area contributed by atoms with Gasteiger partial charge in [0, 0.05) is 55.9 Å². The monoisotopic (exact) mass is 466 g/mol. The number of nitrogens with two attached hydrogens (primary N) is 1. The molecule has 2 aliphatic rings. The van der Waals surface area contributed by atoms with Crippen LogP contribution in [0.2, 0.25) is 5.02 Å². The van der Waals surface area contributed by atoms with Gasteiger partial charge in [0.05, 0.1) is 41.1 Å². The molecular formula is C23H27ClN8O. The van der Waals surface area contributed by atoms with E-state index in [0.717, 1.165) is 37.6 Å². The van der Waals surface area contributed by atoms with E-state index in [4.69, 9.17) is 27.5 Å². The molecular weight excluding hydrogens is 440 g/mol. The number of allylic oxidation sites excluding steroid dienone is 4. The summed E-state index contributed by atoms with van der Waals surface area (Å²) in [5, 5.41) is 14.5. The summed E-state index contributed by atoms with van der Waals surface area (Å²) >= 11 is 6.38. The number of hydrogen-bond donors (Lipinski definition) is 4. The van der Waals surface area contributed by atoms with Crippen LogP contribution in [0.5, 0.6) is 5.75 Å². The maximum atomic E-state index is 7.88. The van der Waals surface area contributed by atoms with Gasteiger partial charge in [0.15, 0.2) is 0 Å². The fraction of sp³-hybridized carbons (Fsp3) is 0.261. The van der Waals surface area contributed by atoms with E-state index in [-0.39, 0.29) is 0 Å². The highest BCUT2D eigenvalue weighted by Gasteiger charge is 2.20. The van der Waals surface area contributed by atoms with Crippen LogP contribution in [0.3, 0.4) is 0 Å². The zero-order valence-electron chi connectivity index (χ0n) is 18.6. The average molecular weight is 467 g/mol. The third-order valence-electron chi connectivity index (χ3n) is 5.58. The van der Waals surface area contributed by atoms with Gasteiger partial charge >= 0.3 is 0 Å². The van der Waals surface area contributed by atoms with E-state index in [0.29, 0.717) is 39.4 Å². The maximum absolute atomic E-state index is 7.88. The number of benzene rings is 1. The first kappa shape index (κ1) is 22.6. The van der Waals surface area contributed by atoms with Crippen LogP contribution in [0.4, 0.5) is 23.0 Å². The lowest BCUT2D eigenvalue weighted by molar-refractivity contribution is 0.313. The Morgan fingerprint density at radius 3 is 2.73 bits per heavy atom. The van der Waals surface area contributed by atoms with Gasteiger partial charge in [-0.15, -0.1) is 0 Å². The number of ether oxygens (including phenoxy) is 1. The highest BCUT2D eigenvalue weighted by Crippen LogP contribution is 2.37. The SMILES string of the molecule is COc1cc(N2CCN(C)CC2)c(N)cc1Nc1ncc(Cl)c(/C(C=N)=C2\C=CC=CN2)n1. The molecule has 0 atom stereocenters. The van der Waals surface area contributed by atoms with Crippen molar-refractivity contribution in [1.29, 1.82) is 5.41 Å². The number of methoxy groups -OCH3 is 1. The number of aromatic nitrogens is 2. The quantitative estimate of drug-likeness (QED) is 0.379. The van der Waals surface area contributed by atoms with E-state index in [1.807, 2.05) is 30.4 Å². The predicted octanol–water partition coefficient (Wildman–Crippen LogP) is 3.25. The van der Waals surface area contributed by atoms with E-state index < -0.39 is 0 Å². The summed E-state index contributed by atoms with van der Waals surface area (Å²) in [6.45, 7) is 3.76. The van der Waals surface area contributed by atoms with Crippen LogP contribution in [0.25, 0.3) is 5.57 Å². The number of nitrogen functional groups attached to an aromatic ring is 1. The Labute approximate surface area is 198 Å². The summed E-state index contributed by atoms with van der Waals surface area (Å²) < 4.78 is 5.63. The first-order valence-electron chi connectivity index (χ1n) is 10.6. The van der Waals surface area contributed by atoms with Crippen molar-refractivity contribution in [3.63, 3.8) is 0 Å². The first-order valence-corrected chi connectivity index (χ1v) is 10.9. The third kappa shape index (κ3) is 4.94. The van der Waals surface area contributed by atoms with Crippen LogP contribution in [0.1, 0.15) is 5.69 Å². The minimum Gasteiger partial charge on any atom is -0.494 e. The summed E-state index contributed by atoms with van der Waals surface area (Å²) in [6.07, 6.45) is 10.1. The van der Waals surface area contributed by atoms with Crippen LogP contribution in [0, 0.1) is 5.41 Å². The maximum Gasteiger partial charge on any atom is 0.227 e. The van der Waals surface area contributed by atoms with Crippen molar-refractivity contribution in [1.82, 2.24) is 20.2 Å². The van der Waals surface area contributed by atoms with E-state index in [2.05, 4.69) is 37.4 Å². The van der Waals surface area contributed by atoms with Crippen LogP contribution in [-0.4, -0.2) is 61.4 Å². The minimum atomic E-state index is 0.315. The second-order valence-electron chi connectivity index (χ2n) is 7.75. The molecule has 3 heterocycles. The van der Waals surface area contributed by atoms with Crippen molar-refractivity contribution in [2.75, 3.05) is 56.3 Å². The molecule has 4 rings (SSSR count). The highest BCUT2D eigenvalue weighted by atomic mass is 35.5. The van der Waals surface area contributed by atoms with Crippen molar-refractivity contribution in [3.05, 3.63) is 59.2 Å². The van der Waals surface area contributed by atoms with E-state index >= 15 is 0 Å². The Bertz CT molecular complexity index is 1140. The van der Waals surface area contributed by atoms with Crippen molar-refractivity contribution in [2.45, 2.75) is 0 Å². The van der Waals surface area contributed by atoms with Gasteiger partial charge in [-0.25, -0.2) is 9.97 Å². The second kappa shape index (κ2) is 9.93. The van der Waals surface area contributed by atoms with Gasteiger partial charge in [-0.1, -0.05) is 17.7 Å². The van der Waals surface area contributed by atoms with Gasteiger partial charge in [0.25, 0.3) is 0 Å². The fourth-order valence-electron chi connectivity index (χ4n) is 3.74. The van der Waals surface area contributed by atoms with Crippen LogP contribution >= 0.6 is 11.6 Å². The number of dihydropyridines is 1. The molecule has 2 aliphatic heterocycles. The fourth-order valence-corrected chi connectivity index (χ4v) is 3.94. The van der Waals surface area contributed by atoms with Crippen LogP contribution < -0.4 is 26.0 Å². The lowest BCUT2D eigenvalue weighted by atomic mass is 10.1. The summed E-state index contributed by atoms with van der Waals surface area (Å²) in [7, 11) is 3.73. The van der Waals surface area contributed by atoms with Gasteiger partial charge in [-0.3, -0.25) is 0 Å². The molecule has 2 aromatic rings. The molecule has 0 radical (unpaired) electrons. The van der Waals surface area contributed by atoms with Crippen LogP contribution in [-0.2, 0) is 0 Å². The molecule has 0 saturated carbocycles. The Balaban J connectivity index is 1.65. The number of halogens is 1. The van der Waals surface area contributed by atoms with E-state index in [1.165, 1.54) is 12.4 Å². The Hall–Kier alpha value is -3.56. The van der Waals surface area contributed by atoms with Crippen molar-refractivity contribution in [2.24, 2.45) is 0 Å². The number of likely N-dealkylation sites (N-methyl/N-ethyl adjacent to an activating group) is 1. The zero-order valence-corrected chi connectivity index (χ0v) is 19.4. The van der Waals surface area contributed by atoms with Crippen LogP contribution in [0.15, 0.2) is 48.5 Å². The molecule has 172 valence electrons. The first-order chi connectivity index (χ1) is 16.0. The van der Waals surface area contributed by atoms with Gasteiger partial charge in [-0.05, 0) is 25.3 Å². The van der Waals surface area contributed by atoms with Crippen molar-refractivity contribution in [3.8, 4) is 5.75 Å². The number of rotatable bonds is 6. The number of anilines is 4. The summed E-state index contributed by atoms with van der Waals surface area (Å²) in [4.78, 5) is 13.4. The number of nitrogens with zero attached hydrogens (tertiary/aromatic N) is 4. The average Bonchev–Trinajstić information content (AvgIpc) is 2.83. The van der Waals surface area contributed by atoms with E-state index in [9.17, 15) is 0 Å². The molecule has 1 saturated heterocycles. The molecule has 0 spiro atoms. The molecule has 0 unspecified atom stereocenters. The van der Waals surface area contributed by atoms with Gasteiger partial charge in [0.1, 0.15) is 5.75 Å². The second-order valence-corrected chi connectivity index (χ2v) is 8.16. The highest BCUT2D eigenvalue weighted by molar-refractivity contribution is 6.33. The molecule has 0 bridgehead atoms. The van der Waals surface area contributed by atoms with Crippen molar-refractivity contribution < 1.29 is 4.74 Å². The summed E-state index contributed by atoms with van der Waals surface area (Å²) in [5.41, 5.74) is 10.3. The Morgan fingerprint density at radius 2 is 2.06 bits per heavy atom.